The van der Waals surface area contributed by atoms with E-state index in [9.17, 15) is 0 Å². The summed E-state index contributed by atoms with van der Waals surface area (Å²) in [5, 5.41) is 3.63. The minimum absolute atomic E-state index is 0.0232. The van der Waals surface area contributed by atoms with Crippen LogP contribution in [-0.4, -0.2) is 37.5 Å². The molecule has 1 aliphatic rings. The van der Waals surface area contributed by atoms with E-state index < -0.39 is 0 Å². The Bertz CT molecular complexity index is 252. The van der Waals surface area contributed by atoms with Crippen molar-refractivity contribution < 1.29 is 9.47 Å². The Morgan fingerprint density at radius 3 is 2.30 bits per heavy atom. The fourth-order valence-corrected chi connectivity index (χ4v) is 2.65. The topological polar surface area (TPSA) is 30.5 Å². The minimum Gasteiger partial charge on any atom is -0.379 e. The molecule has 0 aromatic rings. The van der Waals surface area contributed by atoms with Crippen LogP contribution < -0.4 is 5.32 Å². The van der Waals surface area contributed by atoms with Gasteiger partial charge in [0.05, 0.1) is 18.8 Å². The lowest BCUT2D eigenvalue weighted by Gasteiger charge is -2.41. The fourth-order valence-electron chi connectivity index (χ4n) is 2.65. The fraction of sp³-hybridized carbons (Fsp3) is 1.00. The first-order chi connectivity index (χ1) is 9.37. The SMILES string of the molecule is CCCOCCOC1(CNC(C)(C)C)CCC(C)CC1. The minimum atomic E-state index is 0.0232. The van der Waals surface area contributed by atoms with Gasteiger partial charge in [-0.25, -0.2) is 0 Å². The van der Waals surface area contributed by atoms with Gasteiger partial charge in [-0.2, -0.15) is 0 Å². The van der Waals surface area contributed by atoms with E-state index in [1.165, 1.54) is 25.7 Å². The van der Waals surface area contributed by atoms with E-state index in [1.807, 2.05) is 0 Å². The molecule has 20 heavy (non-hydrogen) atoms. The standard InChI is InChI=1S/C17H35NO2/c1-6-11-19-12-13-20-17(14-18-16(3,4)5)9-7-15(2)8-10-17/h15,18H,6-14H2,1-5H3. The summed E-state index contributed by atoms with van der Waals surface area (Å²) in [7, 11) is 0. The van der Waals surface area contributed by atoms with Gasteiger partial charge in [0, 0.05) is 18.7 Å². The van der Waals surface area contributed by atoms with E-state index in [0.29, 0.717) is 0 Å². The molecule has 120 valence electrons. The molecule has 0 aromatic heterocycles. The van der Waals surface area contributed by atoms with Gasteiger partial charge in [0.25, 0.3) is 0 Å². The highest BCUT2D eigenvalue weighted by Crippen LogP contribution is 2.34. The zero-order valence-electron chi connectivity index (χ0n) is 14.3. The molecule has 0 bridgehead atoms. The number of nitrogens with one attached hydrogen (secondary N) is 1. The maximum absolute atomic E-state index is 6.27. The molecule has 0 heterocycles. The van der Waals surface area contributed by atoms with Crippen LogP contribution >= 0.6 is 0 Å². The molecule has 0 amide bonds. The van der Waals surface area contributed by atoms with Crippen LogP contribution in [0.25, 0.3) is 0 Å². The predicted octanol–water partition coefficient (Wildman–Crippen LogP) is 3.77. The van der Waals surface area contributed by atoms with Crippen molar-refractivity contribution in [1.29, 1.82) is 0 Å². The summed E-state index contributed by atoms with van der Waals surface area (Å²) in [6.07, 6.45) is 5.98. The van der Waals surface area contributed by atoms with Crippen LogP contribution in [0.3, 0.4) is 0 Å². The monoisotopic (exact) mass is 285 g/mol. The van der Waals surface area contributed by atoms with Crippen molar-refractivity contribution in [3.8, 4) is 0 Å². The molecule has 3 heteroatoms. The van der Waals surface area contributed by atoms with Gasteiger partial charge in [-0.15, -0.1) is 0 Å². The van der Waals surface area contributed by atoms with Crippen LogP contribution in [0.2, 0.25) is 0 Å². The molecule has 0 spiro atoms. The van der Waals surface area contributed by atoms with Crippen LogP contribution in [0.15, 0.2) is 0 Å². The molecule has 0 radical (unpaired) electrons. The molecule has 1 aliphatic carbocycles. The second kappa shape index (κ2) is 8.35. The number of rotatable bonds is 8. The highest BCUT2D eigenvalue weighted by Gasteiger charge is 2.35. The van der Waals surface area contributed by atoms with E-state index in [2.05, 4.69) is 39.9 Å². The van der Waals surface area contributed by atoms with Gasteiger partial charge in [0.2, 0.25) is 0 Å². The summed E-state index contributed by atoms with van der Waals surface area (Å²) in [4.78, 5) is 0. The van der Waals surface area contributed by atoms with Crippen LogP contribution in [0.5, 0.6) is 0 Å². The van der Waals surface area contributed by atoms with E-state index in [1.54, 1.807) is 0 Å². The zero-order chi connectivity index (χ0) is 15.1. The van der Waals surface area contributed by atoms with Gasteiger partial charge in [0.15, 0.2) is 0 Å². The van der Waals surface area contributed by atoms with Gasteiger partial charge in [-0.1, -0.05) is 13.8 Å². The second-order valence-electron chi connectivity index (χ2n) is 7.43. The third-order valence-corrected chi connectivity index (χ3v) is 4.11. The molecule has 3 nitrogen and oxygen atoms in total. The van der Waals surface area contributed by atoms with Gasteiger partial charge in [0.1, 0.15) is 0 Å². The molecule has 1 rings (SSSR count). The quantitative estimate of drug-likeness (QED) is 0.689. The molecule has 1 fully saturated rings. The van der Waals surface area contributed by atoms with E-state index >= 15 is 0 Å². The van der Waals surface area contributed by atoms with Crippen LogP contribution in [-0.2, 0) is 9.47 Å². The highest BCUT2D eigenvalue weighted by molar-refractivity contribution is 4.90. The van der Waals surface area contributed by atoms with Gasteiger partial charge in [-0.05, 0) is 58.8 Å². The molecule has 1 N–H and O–H groups in total. The third-order valence-electron chi connectivity index (χ3n) is 4.11. The van der Waals surface area contributed by atoms with Crippen molar-refractivity contribution in [3.63, 3.8) is 0 Å². The normalized spacial score (nSPS) is 27.8. The lowest BCUT2D eigenvalue weighted by molar-refractivity contribution is -0.0938. The molecule has 0 unspecified atom stereocenters. The van der Waals surface area contributed by atoms with Crippen molar-refractivity contribution in [2.75, 3.05) is 26.4 Å². The first-order valence-corrected chi connectivity index (χ1v) is 8.34. The maximum Gasteiger partial charge on any atom is 0.0807 e. The Hall–Kier alpha value is -0.120. The summed E-state index contributed by atoms with van der Waals surface area (Å²) in [6, 6.07) is 0. The number of ether oxygens (including phenoxy) is 2. The highest BCUT2D eigenvalue weighted by atomic mass is 16.5. The molecular weight excluding hydrogens is 250 g/mol. The average Bonchev–Trinajstić information content (AvgIpc) is 2.39. The Kier molecular flexibility index (Phi) is 7.49. The van der Waals surface area contributed by atoms with Gasteiger partial charge in [-0.3, -0.25) is 0 Å². The van der Waals surface area contributed by atoms with Crippen molar-refractivity contribution in [1.82, 2.24) is 5.32 Å². The van der Waals surface area contributed by atoms with E-state index in [-0.39, 0.29) is 11.1 Å². The first-order valence-electron chi connectivity index (χ1n) is 8.34. The summed E-state index contributed by atoms with van der Waals surface area (Å²) in [6.45, 7) is 14.4. The van der Waals surface area contributed by atoms with Crippen LogP contribution in [0.1, 0.15) is 66.7 Å². The Labute approximate surface area is 125 Å². The molecule has 0 aliphatic heterocycles. The summed E-state index contributed by atoms with van der Waals surface area (Å²) in [5.74, 6) is 0.845. The Balaban J connectivity index is 2.42. The van der Waals surface area contributed by atoms with Crippen molar-refractivity contribution in [2.45, 2.75) is 77.9 Å². The van der Waals surface area contributed by atoms with Crippen LogP contribution in [0.4, 0.5) is 0 Å². The zero-order valence-corrected chi connectivity index (χ0v) is 14.3. The molecule has 0 atom stereocenters. The lowest BCUT2D eigenvalue weighted by Crippen LogP contribution is -2.51. The van der Waals surface area contributed by atoms with Crippen LogP contribution in [0, 0.1) is 5.92 Å². The Morgan fingerprint density at radius 2 is 1.75 bits per heavy atom. The summed E-state index contributed by atoms with van der Waals surface area (Å²) in [5.41, 5.74) is 0.174. The molecule has 0 aromatic carbocycles. The molecular formula is C17H35NO2. The van der Waals surface area contributed by atoms with Crippen molar-refractivity contribution in [2.24, 2.45) is 5.92 Å². The number of hydrogen-bond donors (Lipinski definition) is 1. The molecule has 0 saturated heterocycles. The largest absolute Gasteiger partial charge is 0.379 e. The van der Waals surface area contributed by atoms with Crippen molar-refractivity contribution >= 4 is 0 Å². The van der Waals surface area contributed by atoms with E-state index in [4.69, 9.17) is 9.47 Å². The molecule has 1 saturated carbocycles. The lowest BCUT2D eigenvalue weighted by atomic mass is 9.79. The maximum atomic E-state index is 6.27. The van der Waals surface area contributed by atoms with Gasteiger partial charge >= 0.3 is 0 Å². The third kappa shape index (κ3) is 7.05. The Morgan fingerprint density at radius 1 is 1.10 bits per heavy atom. The van der Waals surface area contributed by atoms with E-state index in [0.717, 1.165) is 38.7 Å². The summed E-state index contributed by atoms with van der Waals surface area (Å²) < 4.78 is 11.8. The number of hydrogen-bond acceptors (Lipinski definition) is 3. The smallest absolute Gasteiger partial charge is 0.0807 e. The second-order valence-corrected chi connectivity index (χ2v) is 7.43. The average molecular weight is 285 g/mol. The summed E-state index contributed by atoms with van der Waals surface area (Å²) >= 11 is 0. The first kappa shape index (κ1) is 17.9. The predicted molar refractivity (Wildman–Crippen MR) is 85.2 cm³/mol. The van der Waals surface area contributed by atoms with Crippen molar-refractivity contribution in [3.05, 3.63) is 0 Å². The van der Waals surface area contributed by atoms with Gasteiger partial charge < -0.3 is 14.8 Å².